The van der Waals surface area contributed by atoms with Gasteiger partial charge in [-0.25, -0.2) is 0 Å². The minimum Gasteiger partial charge on any atom is -0.577 e. The molecule has 0 aromatic rings. The molecule has 0 aliphatic heterocycles. The van der Waals surface area contributed by atoms with Gasteiger partial charge in [0.15, 0.2) is 0 Å². The topological polar surface area (TPSA) is 61.8 Å². The smallest absolute Gasteiger partial charge is 0.577 e. The van der Waals surface area contributed by atoms with Gasteiger partial charge in [0.2, 0.25) is 0 Å². The molecule has 26 heavy (non-hydrogen) atoms. The van der Waals surface area contributed by atoms with Gasteiger partial charge in [-0.1, -0.05) is 6.08 Å². The molecule has 0 N–H and O–H groups in total. The number of carbonyl (C=O) groups excluding carboxylic acids is 2. The van der Waals surface area contributed by atoms with Crippen molar-refractivity contribution in [1.82, 2.24) is 0 Å². The normalized spacial score (nSPS) is 23.6. The summed E-state index contributed by atoms with van der Waals surface area (Å²) >= 11 is 6.51. The molecular formula is C16H27Br2K2O5P. The van der Waals surface area contributed by atoms with Crippen molar-refractivity contribution in [3.05, 3.63) is 16.9 Å². The largest absolute Gasteiger partial charge is 1.00 e. The van der Waals surface area contributed by atoms with Crippen LogP contribution in [0.5, 0.6) is 0 Å². The van der Waals surface area contributed by atoms with Crippen LogP contribution in [0.3, 0.4) is 0 Å². The number of hydrogen-bond acceptors (Lipinski definition) is 5. The van der Waals surface area contributed by atoms with Crippen LogP contribution in [0.1, 0.15) is 26.7 Å². The van der Waals surface area contributed by atoms with Crippen LogP contribution >= 0.6 is 41.8 Å². The molecule has 4 unspecified atom stereocenters. The maximum absolute atomic E-state index is 11.1. The number of rotatable bonds is 6. The van der Waals surface area contributed by atoms with Crippen molar-refractivity contribution >= 4 is 53.7 Å². The van der Waals surface area contributed by atoms with Crippen molar-refractivity contribution in [2.24, 2.45) is 17.8 Å². The van der Waals surface area contributed by atoms with E-state index in [-0.39, 0.29) is 150 Å². The first-order chi connectivity index (χ1) is 10.4. The fourth-order valence-corrected chi connectivity index (χ4v) is 2.69. The van der Waals surface area contributed by atoms with Crippen LogP contribution < -0.4 is 103 Å². The van der Waals surface area contributed by atoms with E-state index >= 15 is 0 Å². The zero-order valence-electron chi connectivity index (χ0n) is 16.6. The van der Waals surface area contributed by atoms with Gasteiger partial charge >= 0.3 is 115 Å². The Morgan fingerprint density at radius 3 is 1.81 bits per heavy atom. The number of methoxy groups -OCH3 is 1. The van der Waals surface area contributed by atoms with Gasteiger partial charge in [-0.15, -0.1) is 0 Å². The van der Waals surface area contributed by atoms with Crippen molar-refractivity contribution in [3.8, 4) is 0 Å². The van der Waals surface area contributed by atoms with Crippen molar-refractivity contribution in [3.63, 3.8) is 0 Å². The quantitative estimate of drug-likeness (QED) is 0.164. The van der Waals surface area contributed by atoms with Gasteiger partial charge in [-0.2, -0.15) is 0 Å². The maximum Gasteiger partial charge on any atom is 1.00 e. The van der Waals surface area contributed by atoms with Crippen LogP contribution in [-0.2, 0) is 23.8 Å². The van der Waals surface area contributed by atoms with E-state index in [1.807, 2.05) is 19.9 Å². The van der Waals surface area contributed by atoms with Gasteiger partial charge in [0.1, 0.15) is 0 Å². The summed E-state index contributed by atoms with van der Waals surface area (Å²) in [6.07, 6.45) is 3.86. The number of halogens is 2. The zero-order valence-corrected chi connectivity index (χ0v) is 27.2. The predicted octanol–water partition coefficient (Wildman–Crippen LogP) is -1.81. The number of esters is 2. The molecule has 0 spiro atoms. The number of ether oxygens (including phenoxy) is 3. The molecule has 2 fully saturated rings. The third-order valence-electron chi connectivity index (χ3n) is 3.39. The van der Waals surface area contributed by atoms with E-state index in [1.54, 1.807) is 7.11 Å². The first kappa shape index (κ1) is 36.7. The number of allylic oxidation sites excluding steroid dienone is 1. The van der Waals surface area contributed by atoms with Crippen LogP contribution in [0.4, 0.5) is 0 Å². The molecule has 0 aromatic carbocycles. The second kappa shape index (κ2) is 20.2. The first-order valence-electron chi connectivity index (χ1n) is 7.33. The van der Waals surface area contributed by atoms with E-state index < -0.39 is 0 Å². The Morgan fingerprint density at radius 1 is 1.00 bits per heavy atom. The van der Waals surface area contributed by atoms with Crippen LogP contribution in [0, 0.1) is 25.2 Å². The van der Waals surface area contributed by atoms with Crippen molar-refractivity contribution < 1.29 is 127 Å². The van der Waals surface area contributed by atoms with E-state index in [1.165, 1.54) is 0 Å². The number of carbonyl (C=O) groups is 2. The summed E-state index contributed by atoms with van der Waals surface area (Å²) in [6, 6.07) is 0. The van der Waals surface area contributed by atoms with Crippen molar-refractivity contribution in [2.45, 2.75) is 32.8 Å². The summed E-state index contributed by atoms with van der Waals surface area (Å²) in [5.41, 5.74) is 0. The van der Waals surface area contributed by atoms with Gasteiger partial charge < -0.3 is 31.5 Å². The maximum atomic E-state index is 11.1. The third-order valence-corrected chi connectivity index (χ3v) is 3.92. The molecule has 2 aliphatic carbocycles. The van der Waals surface area contributed by atoms with E-state index in [0.717, 1.165) is 16.2 Å². The van der Waals surface area contributed by atoms with Crippen LogP contribution in [0.15, 0.2) is 9.47 Å². The summed E-state index contributed by atoms with van der Waals surface area (Å²) in [5.74, 6) is 0.284. The Labute approximate surface area is 263 Å². The molecule has 2 aliphatic rings. The van der Waals surface area contributed by atoms with Crippen LogP contribution in [0.25, 0.3) is 0 Å². The molecule has 0 radical (unpaired) electrons. The fraction of sp³-hybridized carbons (Fsp3) is 0.688. The summed E-state index contributed by atoms with van der Waals surface area (Å²) < 4.78 is 15.5. The van der Waals surface area contributed by atoms with Gasteiger partial charge in [-0.05, 0) is 64.5 Å². The molecule has 142 valence electrons. The van der Waals surface area contributed by atoms with Gasteiger partial charge in [0.25, 0.3) is 0 Å². The van der Waals surface area contributed by atoms with E-state index in [4.69, 9.17) is 14.2 Å². The first-order valence-corrected chi connectivity index (χ1v) is 8.91. The standard InChI is InChI=1S/C8H10Br2O2.C7H12O3.CH3.2K.H2P/c1-2-12-8(11)6-3-5(6)4-7(9)10;1-3-10-7(8)5-4-6(5)9-2;;;;/h4-6H,2-3H2,1H3;5-6H,3-4H2,1-2H3;1H3;;;1H2/q;;-1;2*+1;-1. The number of hydrogen-bond donors (Lipinski definition) is 0. The van der Waals surface area contributed by atoms with Crippen molar-refractivity contribution in [2.75, 3.05) is 20.3 Å². The Bertz CT molecular complexity index is 437. The fourth-order valence-electron chi connectivity index (χ4n) is 2.01. The van der Waals surface area contributed by atoms with Crippen molar-refractivity contribution in [1.29, 1.82) is 0 Å². The molecule has 4 atom stereocenters. The Balaban J connectivity index is -0.000000163. The Morgan fingerprint density at radius 2 is 1.46 bits per heavy atom. The second-order valence-electron chi connectivity index (χ2n) is 5.08. The summed E-state index contributed by atoms with van der Waals surface area (Å²) in [7, 11) is 1.61. The SMILES string of the molecule is CCOC(=O)C1CC1C=C(Br)Br.CCOC(=O)C1CC1OC.[CH3-].[K+].[K+].[PH2-]. The Kier molecular flexibility index (Phi) is 28.5. The molecule has 2 saturated carbocycles. The molecule has 0 heterocycles. The minimum absolute atomic E-state index is 0. The van der Waals surface area contributed by atoms with Gasteiger partial charge in [0.05, 0.1) is 34.5 Å². The predicted molar refractivity (Wildman–Crippen MR) is 106 cm³/mol. The summed E-state index contributed by atoms with van der Waals surface area (Å²) in [5, 5.41) is 0. The molecule has 10 heteroatoms. The van der Waals surface area contributed by atoms with Crippen LogP contribution in [-0.4, -0.2) is 38.4 Å². The zero-order chi connectivity index (χ0) is 16.7. The molecule has 0 saturated heterocycles. The third kappa shape index (κ3) is 15.2. The summed E-state index contributed by atoms with van der Waals surface area (Å²) in [4.78, 5) is 22.0. The molecule has 0 aromatic heterocycles. The minimum atomic E-state index is -0.116. The molecule has 2 rings (SSSR count). The Hall–Kier alpha value is 3.30. The molecule has 5 nitrogen and oxygen atoms in total. The average Bonchev–Trinajstić information content (AvgIpc) is 3.34. The summed E-state index contributed by atoms with van der Waals surface area (Å²) in [6.45, 7) is 4.57. The monoisotopic (exact) mass is 566 g/mol. The average molecular weight is 568 g/mol. The van der Waals surface area contributed by atoms with Crippen LogP contribution in [0.2, 0.25) is 0 Å². The van der Waals surface area contributed by atoms with Gasteiger partial charge in [-0.3, -0.25) is 9.59 Å². The second-order valence-corrected chi connectivity index (χ2v) is 7.86. The van der Waals surface area contributed by atoms with E-state index in [9.17, 15) is 9.59 Å². The molecule has 0 amide bonds. The molecular weight excluding hydrogens is 541 g/mol. The van der Waals surface area contributed by atoms with Gasteiger partial charge in [0, 0.05) is 7.11 Å². The molecule has 0 bridgehead atoms. The van der Waals surface area contributed by atoms with E-state index in [0.29, 0.717) is 19.1 Å². The van der Waals surface area contributed by atoms with E-state index in [2.05, 4.69) is 31.9 Å².